The Morgan fingerprint density at radius 3 is 2.71 bits per heavy atom. The van der Waals surface area contributed by atoms with E-state index in [0.717, 1.165) is 4.31 Å². The molecule has 1 aliphatic rings. The minimum absolute atomic E-state index is 0.164. The summed E-state index contributed by atoms with van der Waals surface area (Å²) in [7, 11) is -0.746. The Hall–Kier alpha value is -1.88. The van der Waals surface area contributed by atoms with E-state index in [1.165, 1.54) is 20.2 Å². The Bertz CT molecular complexity index is 659. The fourth-order valence-electron chi connectivity index (χ4n) is 1.94. The zero-order chi connectivity index (χ0) is 17.6. The van der Waals surface area contributed by atoms with Crippen LogP contribution >= 0.6 is 0 Å². The van der Waals surface area contributed by atoms with Crippen molar-refractivity contribution in [3.8, 4) is 0 Å². The summed E-state index contributed by atoms with van der Waals surface area (Å²) < 4.78 is 37.7. The Kier molecular flexibility index (Phi) is 6.37. The monoisotopic (exact) mass is 358 g/mol. The van der Waals surface area contributed by atoms with Crippen molar-refractivity contribution in [1.82, 2.24) is 9.62 Å². The fourth-order valence-corrected chi connectivity index (χ4v) is 2.54. The van der Waals surface area contributed by atoms with Crippen molar-refractivity contribution in [3.05, 3.63) is 24.3 Å². The molecule has 0 bridgehead atoms. The summed E-state index contributed by atoms with van der Waals surface area (Å²) >= 11 is 0. The average Bonchev–Trinajstić information content (AvgIpc) is 2.54. The molecule has 1 fully saturated rings. The maximum Gasteiger partial charge on any atom is 0.319 e. The van der Waals surface area contributed by atoms with Gasteiger partial charge in [0.15, 0.2) is 0 Å². The van der Waals surface area contributed by atoms with Gasteiger partial charge in [-0.1, -0.05) is 6.07 Å². The van der Waals surface area contributed by atoms with Gasteiger partial charge in [0.05, 0.1) is 31.6 Å². The zero-order valence-electron chi connectivity index (χ0n) is 13.6. The standard InChI is InChI=1S/C14H22N4O5S/c1-18(2)24(20,21)17-12-5-3-4-11(8-12)16-14(19)15-9-13-10-22-6-7-23-13/h3-5,8,13,17H,6-7,9-10H2,1-2H3,(H2,15,16,19). The number of hydrogen-bond donors (Lipinski definition) is 3. The van der Waals surface area contributed by atoms with E-state index in [1.807, 2.05) is 0 Å². The van der Waals surface area contributed by atoms with E-state index < -0.39 is 16.2 Å². The molecular formula is C14H22N4O5S. The van der Waals surface area contributed by atoms with Gasteiger partial charge in [0.1, 0.15) is 0 Å². The van der Waals surface area contributed by atoms with Crippen LogP contribution in [0.25, 0.3) is 0 Å². The fraction of sp³-hybridized carbons (Fsp3) is 0.500. The molecule has 10 heteroatoms. The number of carbonyl (C=O) groups is 1. The van der Waals surface area contributed by atoms with Crippen molar-refractivity contribution < 1.29 is 22.7 Å². The van der Waals surface area contributed by atoms with E-state index in [1.54, 1.807) is 18.2 Å². The normalized spacial score (nSPS) is 18.2. The maximum atomic E-state index is 11.9. The molecule has 0 spiro atoms. The molecule has 9 nitrogen and oxygen atoms in total. The number of rotatable bonds is 6. The Labute approximate surface area is 141 Å². The molecule has 2 rings (SSSR count). The summed E-state index contributed by atoms with van der Waals surface area (Å²) in [6.07, 6.45) is -0.164. The molecule has 1 heterocycles. The minimum atomic E-state index is -3.60. The topological polar surface area (TPSA) is 109 Å². The van der Waals surface area contributed by atoms with Gasteiger partial charge in [0.25, 0.3) is 0 Å². The number of urea groups is 1. The van der Waals surface area contributed by atoms with Crippen molar-refractivity contribution in [1.29, 1.82) is 0 Å². The lowest BCUT2D eigenvalue weighted by atomic mass is 10.3. The van der Waals surface area contributed by atoms with Crippen molar-refractivity contribution in [2.24, 2.45) is 0 Å². The number of carbonyl (C=O) groups excluding carboxylic acids is 1. The van der Waals surface area contributed by atoms with Crippen LogP contribution in [0.4, 0.5) is 16.2 Å². The number of nitrogens with one attached hydrogen (secondary N) is 3. The van der Waals surface area contributed by atoms with Crippen LogP contribution in [0, 0.1) is 0 Å². The molecule has 0 aromatic heterocycles. The second-order valence-electron chi connectivity index (χ2n) is 5.37. The molecule has 0 radical (unpaired) electrons. The third-order valence-electron chi connectivity index (χ3n) is 3.22. The zero-order valence-corrected chi connectivity index (χ0v) is 14.4. The summed E-state index contributed by atoms with van der Waals surface area (Å²) in [5.74, 6) is 0. The summed E-state index contributed by atoms with van der Waals surface area (Å²) in [6, 6.07) is 6.02. The summed E-state index contributed by atoms with van der Waals surface area (Å²) in [4.78, 5) is 11.9. The second kappa shape index (κ2) is 8.29. The first-order valence-corrected chi connectivity index (χ1v) is 8.85. The van der Waals surface area contributed by atoms with E-state index in [9.17, 15) is 13.2 Å². The van der Waals surface area contributed by atoms with E-state index in [2.05, 4.69) is 15.4 Å². The highest BCUT2D eigenvalue weighted by Gasteiger charge is 2.16. The van der Waals surface area contributed by atoms with E-state index in [4.69, 9.17) is 9.47 Å². The van der Waals surface area contributed by atoms with Crippen LogP contribution in [0.15, 0.2) is 24.3 Å². The van der Waals surface area contributed by atoms with Crippen molar-refractivity contribution in [2.75, 3.05) is 50.5 Å². The number of hydrogen-bond acceptors (Lipinski definition) is 5. The lowest BCUT2D eigenvalue weighted by molar-refractivity contribution is -0.0852. The van der Waals surface area contributed by atoms with Crippen molar-refractivity contribution in [2.45, 2.75) is 6.10 Å². The highest BCUT2D eigenvalue weighted by molar-refractivity contribution is 7.90. The molecule has 0 saturated carbocycles. The van der Waals surface area contributed by atoms with Crippen LogP contribution in [0.1, 0.15) is 0 Å². The van der Waals surface area contributed by atoms with Crippen LogP contribution in [0.3, 0.4) is 0 Å². The molecule has 2 amide bonds. The van der Waals surface area contributed by atoms with Crippen LogP contribution in [-0.2, 0) is 19.7 Å². The third-order valence-corrected chi connectivity index (χ3v) is 4.68. The van der Waals surface area contributed by atoms with Gasteiger partial charge in [-0.3, -0.25) is 4.72 Å². The molecule has 3 N–H and O–H groups in total. The minimum Gasteiger partial charge on any atom is -0.376 e. The van der Waals surface area contributed by atoms with Gasteiger partial charge in [-0.05, 0) is 18.2 Å². The smallest absolute Gasteiger partial charge is 0.319 e. The van der Waals surface area contributed by atoms with Gasteiger partial charge >= 0.3 is 16.2 Å². The highest BCUT2D eigenvalue weighted by atomic mass is 32.2. The summed E-state index contributed by atoms with van der Waals surface area (Å²) in [5, 5.41) is 5.33. The van der Waals surface area contributed by atoms with Gasteiger partial charge in [0.2, 0.25) is 0 Å². The molecule has 1 aromatic rings. The second-order valence-corrected chi connectivity index (χ2v) is 7.26. The van der Waals surface area contributed by atoms with Gasteiger partial charge in [0, 0.05) is 26.3 Å². The van der Waals surface area contributed by atoms with Crippen LogP contribution in [0.5, 0.6) is 0 Å². The Balaban J connectivity index is 1.88. The van der Waals surface area contributed by atoms with Crippen LogP contribution < -0.4 is 15.4 Å². The number of ether oxygens (including phenoxy) is 2. The number of anilines is 2. The number of amides is 2. The van der Waals surface area contributed by atoms with Crippen molar-refractivity contribution >= 4 is 27.6 Å². The third kappa shape index (κ3) is 5.64. The molecule has 1 aliphatic heterocycles. The predicted octanol–water partition coefficient (Wildman–Crippen LogP) is 0.442. The average molecular weight is 358 g/mol. The largest absolute Gasteiger partial charge is 0.376 e. The Morgan fingerprint density at radius 1 is 1.29 bits per heavy atom. The van der Waals surface area contributed by atoms with Gasteiger partial charge in [-0.2, -0.15) is 12.7 Å². The van der Waals surface area contributed by atoms with E-state index in [-0.39, 0.29) is 6.10 Å². The molecular weight excluding hydrogens is 336 g/mol. The maximum absolute atomic E-state index is 11.9. The molecule has 24 heavy (non-hydrogen) atoms. The van der Waals surface area contributed by atoms with Gasteiger partial charge in [-0.25, -0.2) is 4.79 Å². The SMILES string of the molecule is CN(C)S(=O)(=O)Nc1cccc(NC(=O)NCC2COCCO2)c1. The molecule has 0 aliphatic carbocycles. The molecule has 1 saturated heterocycles. The van der Waals surface area contributed by atoms with Crippen LogP contribution in [-0.4, -0.2) is 65.3 Å². The highest BCUT2D eigenvalue weighted by Crippen LogP contribution is 2.16. The molecule has 1 atom stereocenters. The number of benzene rings is 1. The molecule has 1 unspecified atom stereocenters. The van der Waals surface area contributed by atoms with E-state index in [0.29, 0.717) is 37.7 Å². The first-order chi connectivity index (χ1) is 11.4. The van der Waals surface area contributed by atoms with Gasteiger partial charge in [-0.15, -0.1) is 0 Å². The van der Waals surface area contributed by atoms with Crippen LogP contribution in [0.2, 0.25) is 0 Å². The quantitative estimate of drug-likeness (QED) is 0.684. The Morgan fingerprint density at radius 2 is 2.04 bits per heavy atom. The van der Waals surface area contributed by atoms with E-state index >= 15 is 0 Å². The first-order valence-electron chi connectivity index (χ1n) is 7.41. The lowest BCUT2D eigenvalue weighted by Gasteiger charge is -2.23. The predicted molar refractivity (Wildman–Crippen MR) is 90.3 cm³/mol. The summed E-state index contributed by atoms with van der Waals surface area (Å²) in [6.45, 7) is 1.86. The van der Waals surface area contributed by atoms with Crippen molar-refractivity contribution in [3.63, 3.8) is 0 Å². The summed E-state index contributed by atoms with van der Waals surface area (Å²) in [5.41, 5.74) is 0.817. The molecule has 134 valence electrons. The number of nitrogens with zero attached hydrogens (tertiary/aromatic N) is 1. The lowest BCUT2D eigenvalue weighted by Crippen LogP contribution is -2.41. The molecule has 1 aromatic carbocycles. The first kappa shape index (κ1) is 18.5. The van der Waals surface area contributed by atoms with Gasteiger partial charge < -0.3 is 20.1 Å².